The lowest BCUT2D eigenvalue weighted by molar-refractivity contribution is 0.672. The molecule has 3 aromatic carbocycles. The lowest BCUT2D eigenvalue weighted by Crippen LogP contribution is -2.08. The molecule has 0 amide bonds. The van der Waals surface area contributed by atoms with Crippen LogP contribution in [0, 0.1) is 0 Å². The minimum Gasteiger partial charge on any atom is -0.245 e. The van der Waals surface area contributed by atoms with Crippen LogP contribution in [0.5, 0.6) is 0 Å². The molecule has 1 atom stereocenters. The zero-order chi connectivity index (χ0) is 16.8. The van der Waals surface area contributed by atoms with Crippen molar-refractivity contribution in [3.05, 3.63) is 102 Å². The monoisotopic (exact) mass is 335 g/mol. The standard InChI is InChI=1S/C21H21NOS/c1-2-24(23,20-16-10-5-11-17-20)22-21(18-12-6-3-7-13-18)19-14-8-4-9-15-19/h3-17,21H,2H2,1H3. The molecule has 0 fully saturated rings. The molecule has 0 heterocycles. The Labute approximate surface area is 144 Å². The first-order valence-electron chi connectivity index (χ1n) is 8.12. The van der Waals surface area contributed by atoms with Crippen LogP contribution >= 0.6 is 0 Å². The number of hydrogen-bond acceptors (Lipinski definition) is 2. The van der Waals surface area contributed by atoms with Gasteiger partial charge >= 0.3 is 0 Å². The Morgan fingerprint density at radius 1 is 0.750 bits per heavy atom. The maximum Gasteiger partial charge on any atom is 0.110 e. The second-order valence-corrected chi connectivity index (χ2v) is 8.11. The van der Waals surface area contributed by atoms with E-state index < -0.39 is 9.73 Å². The van der Waals surface area contributed by atoms with Crippen LogP contribution in [-0.2, 0) is 9.73 Å². The Morgan fingerprint density at radius 3 is 1.58 bits per heavy atom. The highest BCUT2D eigenvalue weighted by Gasteiger charge is 2.18. The van der Waals surface area contributed by atoms with Gasteiger partial charge in [-0.2, -0.15) is 0 Å². The third kappa shape index (κ3) is 3.57. The summed E-state index contributed by atoms with van der Waals surface area (Å²) in [5.41, 5.74) is 2.11. The summed E-state index contributed by atoms with van der Waals surface area (Å²) in [5.74, 6) is 0.493. The van der Waals surface area contributed by atoms with Crippen LogP contribution in [0.3, 0.4) is 0 Å². The molecule has 0 saturated carbocycles. The number of rotatable bonds is 5. The van der Waals surface area contributed by atoms with E-state index in [1.807, 2.05) is 97.9 Å². The first-order chi connectivity index (χ1) is 11.7. The summed E-state index contributed by atoms with van der Waals surface area (Å²) in [6.45, 7) is 1.94. The van der Waals surface area contributed by atoms with Gasteiger partial charge in [-0.25, -0.2) is 8.57 Å². The van der Waals surface area contributed by atoms with Crippen LogP contribution in [0.25, 0.3) is 0 Å². The highest BCUT2D eigenvalue weighted by Crippen LogP contribution is 2.29. The third-order valence-electron chi connectivity index (χ3n) is 4.01. The Hall–Kier alpha value is -2.39. The second-order valence-electron chi connectivity index (χ2n) is 5.57. The lowest BCUT2D eigenvalue weighted by Gasteiger charge is -2.17. The molecule has 0 aromatic heterocycles. The maximum atomic E-state index is 13.5. The molecular formula is C21H21NOS. The molecule has 1 unspecified atom stereocenters. The van der Waals surface area contributed by atoms with Gasteiger partial charge in [-0.1, -0.05) is 85.8 Å². The molecule has 0 radical (unpaired) electrons. The average Bonchev–Trinajstić information content (AvgIpc) is 2.68. The quantitative estimate of drug-likeness (QED) is 0.620. The van der Waals surface area contributed by atoms with E-state index >= 15 is 0 Å². The van der Waals surface area contributed by atoms with Gasteiger partial charge < -0.3 is 0 Å². The minimum absolute atomic E-state index is 0.236. The number of hydrogen-bond donors (Lipinski definition) is 0. The van der Waals surface area contributed by atoms with Crippen molar-refractivity contribution in [1.82, 2.24) is 0 Å². The lowest BCUT2D eigenvalue weighted by atomic mass is 10.00. The molecule has 0 saturated heterocycles. The highest BCUT2D eigenvalue weighted by molar-refractivity contribution is 7.93. The van der Waals surface area contributed by atoms with Crippen LogP contribution in [-0.4, -0.2) is 9.96 Å². The average molecular weight is 335 g/mol. The fourth-order valence-corrected chi connectivity index (χ4v) is 4.46. The van der Waals surface area contributed by atoms with Gasteiger partial charge in [0.1, 0.15) is 6.04 Å². The van der Waals surface area contributed by atoms with Gasteiger partial charge in [0.2, 0.25) is 0 Å². The topological polar surface area (TPSA) is 29.4 Å². The van der Waals surface area contributed by atoms with E-state index in [-0.39, 0.29) is 6.04 Å². The summed E-state index contributed by atoms with van der Waals surface area (Å²) in [6.07, 6.45) is 0. The Bertz CT molecular complexity index is 843. The summed E-state index contributed by atoms with van der Waals surface area (Å²) < 4.78 is 18.4. The molecule has 0 aliphatic carbocycles. The molecule has 0 bridgehead atoms. The van der Waals surface area contributed by atoms with E-state index in [9.17, 15) is 4.21 Å². The summed E-state index contributed by atoms with van der Waals surface area (Å²) in [7, 11) is -2.48. The van der Waals surface area contributed by atoms with E-state index in [4.69, 9.17) is 4.36 Å². The number of benzene rings is 3. The molecule has 2 nitrogen and oxygen atoms in total. The van der Waals surface area contributed by atoms with E-state index in [0.29, 0.717) is 5.75 Å². The summed E-state index contributed by atoms with van der Waals surface area (Å²) in [5, 5.41) is 0. The second kappa shape index (κ2) is 7.45. The van der Waals surface area contributed by atoms with E-state index in [2.05, 4.69) is 0 Å². The van der Waals surface area contributed by atoms with Crippen molar-refractivity contribution in [3.8, 4) is 0 Å². The molecule has 0 aliphatic rings. The largest absolute Gasteiger partial charge is 0.245 e. The van der Waals surface area contributed by atoms with Crippen molar-refractivity contribution in [1.29, 1.82) is 0 Å². The van der Waals surface area contributed by atoms with Crippen LogP contribution in [0.2, 0.25) is 0 Å². The van der Waals surface area contributed by atoms with Crippen LogP contribution in [0.1, 0.15) is 24.1 Å². The maximum absolute atomic E-state index is 13.5. The molecule has 24 heavy (non-hydrogen) atoms. The summed E-state index contributed by atoms with van der Waals surface area (Å²) >= 11 is 0. The fraction of sp³-hybridized carbons (Fsp3) is 0.143. The van der Waals surface area contributed by atoms with Crippen molar-refractivity contribution in [2.75, 3.05) is 5.75 Å². The van der Waals surface area contributed by atoms with Gasteiger partial charge in [0, 0.05) is 10.6 Å². The fourth-order valence-electron chi connectivity index (χ4n) is 2.69. The minimum atomic E-state index is -2.48. The third-order valence-corrected chi connectivity index (χ3v) is 6.35. The van der Waals surface area contributed by atoms with Crippen LogP contribution in [0.4, 0.5) is 0 Å². The zero-order valence-corrected chi connectivity index (χ0v) is 14.5. The Morgan fingerprint density at radius 2 is 1.17 bits per heavy atom. The molecule has 122 valence electrons. The molecule has 3 rings (SSSR count). The molecule has 3 aromatic rings. The summed E-state index contributed by atoms with van der Waals surface area (Å²) in [4.78, 5) is 0.796. The van der Waals surface area contributed by atoms with E-state index in [0.717, 1.165) is 16.0 Å². The molecule has 0 spiro atoms. The van der Waals surface area contributed by atoms with E-state index in [1.165, 1.54) is 0 Å². The molecular weight excluding hydrogens is 314 g/mol. The predicted molar refractivity (Wildman–Crippen MR) is 101 cm³/mol. The SMILES string of the molecule is CCS(=O)(=NC(c1ccccc1)c1ccccc1)c1ccccc1. The Kier molecular flexibility index (Phi) is 5.11. The molecule has 0 aliphatic heterocycles. The van der Waals surface area contributed by atoms with Crippen molar-refractivity contribution in [3.63, 3.8) is 0 Å². The molecule has 3 heteroatoms. The van der Waals surface area contributed by atoms with Crippen molar-refractivity contribution < 1.29 is 4.21 Å². The van der Waals surface area contributed by atoms with Gasteiger partial charge in [-0.3, -0.25) is 0 Å². The van der Waals surface area contributed by atoms with Crippen molar-refractivity contribution >= 4 is 9.73 Å². The molecule has 0 N–H and O–H groups in total. The predicted octanol–water partition coefficient (Wildman–Crippen LogP) is 5.32. The van der Waals surface area contributed by atoms with Gasteiger partial charge in [0.15, 0.2) is 0 Å². The van der Waals surface area contributed by atoms with Crippen molar-refractivity contribution in [2.45, 2.75) is 17.9 Å². The summed E-state index contributed by atoms with van der Waals surface area (Å²) in [6, 6.07) is 29.5. The smallest absolute Gasteiger partial charge is 0.110 e. The van der Waals surface area contributed by atoms with Crippen LogP contribution < -0.4 is 0 Å². The first kappa shape index (κ1) is 16.5. The van der Waals surface area contributed by atoms with Gasteiger partial charge in [0.25, 0.3) is 0 Å². The van der Waals surface area contributed by atoms with Crippen molar-refractivity contribution in [2.24, 2.45) is 4.36 Å². The first-order valence-corrected chi connectivity index (χ1v) is 9.80. The van der Waals surface area contributed by atoms with Gasteiger partial charge in [-0.05, 0) is 23.3 Å². The highest BCUT2D eigenvalue weighted by atomic mass is 32.2. The Balaban J connectivity index is 2.17. The van der Waals surface area contributed by atoms with Gasteiger partial charge in [-0.15, -0.1) is 0 Å². The number of nitrogens with zero attached hydrogens (tertiary/aromatic N) is 1. The van der Waals surface area contributed by atoms with Crippen LogP contribution in [0.15, 0.2) is 100 Å². The normalized spacial score (nSPS) is 13.4. The zero-order valence-electron chi connectivity index (χ0n) is 13.7. The van der Waals surface area contributed by atoms with E-state index in [1.54, 1.807) is 0 Å². The van der Waals surface area contributed by atoms with Gasteiger partial charge in [0.05, 0.1) is 9.73 Å².